The standard InChI is InChI=1S/C30H36ClN3O4S/c1-21(2)18-32-30(36)24(5)33(19-25-13-9-22(3)10-14-25)29(35)20-34(27-8-6-7-26(31)17-27)39(37,38)28-15-11-23(4)12-16-28/h6-17,21,24H,18-20H2,1-5H3,(H,32,36)/t24-/m1/s1. The molecule has 1 atom stereocenters. The van der Waals surface area contributed by atoms with Crippen molar-refractivity contribution in [3.63, 3.8) is 0 Å². The molecule has 39 heavy (non-hydrogen) atoms. The van der Waals surface area contributed by atoms with Gasteiger partial charge in [-0.05, 0) is 62.6 Å². The van der Waals surface area contributed by atoms with Gasteiger partial charge in [0.1, 0.15) is 12.6 Å². The number of amides is 2. The number of nitrogens with one attached hydrogen (secondary N) is 1. The number of anilines is 1. The van der Waals surface area contributed by atoms with E-state index >= 15 is 0 Å². The highest BCUT2D eigenvalue weighted by atomic mass is 35.5. The van der Waals surface area contributed by atoms with Crippen LogP contribution in [0.3, 0.4) is 0 Å². The van der Waals surface area contributed by atoms with Crippen molar-refractivity contribution in [1.82, 2.24) is 10.2 Å². The van der Waals surface area contributed by atoms with E-state index in [-0.39, 0.29) is 29.0 Å². The van der Waals surface area contributed by atoms with Gasteiger partial charge in [0, 0.05) is 18.1 Å². The monoisotopic (exact) mass is 569 g/mol. The molecule has 0 aromatic heterocycles. The number of sulfonamides is 1. The highest BCUT2D eigenvalue weighted by molar-refractivity contribution is 7.92. The van der Waals surface area contributed by atoms with Gasteiger partial charge in [-0.3, -0.25) is 13.9 Å². The third kappa shape index (κ3) is 8.07. The molecule has 0 saturated heterocycles. The highest BCUT2D eigenvalue weighted by Gasteiger charge is 2.32. The minimum absolute atomic E-state index is 0.0497. The molecule has 1 N–H and O–H groups in total. The summed E-state index contributed by atoms with van der Waals surface area (Å²) < 4.78 is 28.7. The van der Waals surface area contributed by atoms with E-state index in [0.717, 1.165) is 21.0 Å². The van der Waals surface area contributed by atoms with Crippen molar-refractivity contribution in [2.75, 3.05) is 17.4 Å². The molecule has 208 valence electrons. The molecule has 0 spiro atoms. The van der Waals surface area contributed by atoms with E-state index in [1.165, 1.54) is 23.1 Å². The van der Waals surface area contributed by atoms with Gasteiger partial charge < -0.3 is 10.2 Å². The van der Waals surface area contributed by atoms with Gasteiger partial charge in [-0.2, -0.15) is 0 Å². The number of carbonyl (C=O) groups excluding carboxylic acids is 2. The molecule has 0 bridgehead atoms. The summed E-state index contributed by atoms with van der Waals surface area (Å²) in [6.07, 6.45) is 0. The van der Waals surface area contributed by atoms with Crippen molar-refractivity contribution in [3.8, 4) is 0 Å². The molecular weight excluding hydrogens is 534 g/mol. The first-order valence-corrected chi connectivity index (χ1v) is 14.7. The van der Waals surface area contributed by atoms with Crippen molar-refractivity contribution in [2.24, 2.45) is 5.92 Å². The molecular formula is C30H36ClN3O4S. The van der Waals surface area contributed by atoms with Crippen LogP contribution in [0.2, 0.25) is 5.02 Å². The Morgan fingerprint density at radius 1 is 0.897 bits per heavy atom. The Bertz CT molecular complexity index is 1390. The summed E-state index contributed by atoms with van der Waals surface area (Å²) >= 11 is 6.21. The van der Waals surface area contributed by atoms with E-state index in [2.05, 4.69) is 5.32 Å². The maximum atomic E-state index is 13.9. The van der Waals surface area contributed by atoms with Crippen molar-refractivity contribution in [1.29, 1.82) is 0 Å². The molecule has 3 rings (SSSR count). The smallest absolute Gasteiger partial charge is 0.264 e. The van der Waals surface area contributed by atoms with E-state index in [1.807, 2.05) is 52.0 Å². The summed E-state index contributed by atoms with van der Waals surface area (Å²) in [5.74, 6) is -0.585. The number of nitrogens with zero attached hydrogens (tertiary/aromatic N) is 2. The van der Waals surface area contributed by atoms with Crippen LogP contribution in [-0.4, -0.2) is 44.3 Å². The van der Waals surface area contributed by atoms with E-state index in [9.17, 15) is 18.0 Å². The quantitative estimate of drug-likeness (QED) is 0.338. The second kappa shape index (κ2) is 13.1. The molecule has 0 radical (unpaired) electrons. The SMILES string of the molecule is Cc1ccc(CN(C(=O)CN(c2cccc(Cl)c2)S(=O)(=O)c2ccc(C)cc2)[C@H](C)C(=O)NCC(C)C)cc1. The molecule has 2 amide bonds. The fraction of sp³-hybridized carbons (Fsp3) is 0.333. The number of carbonyl (C=O) groups is 2. The summed E-state index contributed by atoms with van der Waals surface area (Å²) in [7, 11) is -4.14. The molecule has 0 saturated carbocycles. The Hall–Kier alpha value is -3.36. The van der Waals surface area contributed by atoms with Crippen molar-refractivity contribution >= 4 is 39.1 Å². The summed E-state index contributed by atoms with van der Waals surface area (Å²) in [4.78, 5) is 28.4. The predicted molar refractivity (Wildman–Crippen MR) is 156 cm³/mol. The second-order valence-corrected chi connectivity index (χ2v) is 12.4. The van der Waals surface area contributed by atoms with Crippen molar-refractivity contribution in [3.05, 3.63) is 94.5 Å². The van der Waals surface area contributed by atoms with Gasteiger partial charge in [0.05, 0.1) is 10.6 Å². The summed E-state index contributed by atoms with van der Waals surface area (Å²) in [5, 5.41) is 3.22. The first kappa shape index (κ1) is 30.2. The van der Waals surface area contributed by atoms with Crippen LogP contribution in [0.1, 0.15) is 37.5 Å². The highest BCUT2D eigenvalue weighted by Crippen LogP contribution is 2.27. The van der Waals surface area contributed by atoms with Crippen LogP contribution in [0.5, 0.6) is 0 Å². The molecule has 0 aliphatic carbocycles. The first-order chi connectivity index (χ1) is 18.4. The average Bonchev–Trinajstić information content (AvgIpc) is 2.89. The summed E-state index contributed by atoms with van der Waals surface area (Å²) in [6.45, 7) is 9.55. The van der Waals surface area contributed by atoms with Gasteiger partial charge in [0.15, 0.2) is 0 Å². The normalized spacial score (nSPS) is 12.2. The van der Waals surface area contributed by atoms with Crippen LogP contribution in [0.15, 0.2) is 77.7 Å². The lowest BCUT2D eigenvalue weighted by molar-refractivity contribution is -0.139. The average molecular weight is 570 g/mol. The zero-order valence-electron chi connectivity index (χ0n) is 23.0. The molecule has 3 aromatic carbocycles. The third-order valence-electron chi connectivity index (χ3n) is 6.31. The van der Waals surface area contributed by atoms with Crippen LogP contribution >= 0.6 is 11.6 Å². The molecule has 0 fully saturated rings. The zero-order chi connectivity index (χ0) is 28.7. The maximum Gasteiger partial charge on any atom is 0.264 e. The minimum atomic E-state index is -4.14. The predicted octanol–water partition coefficient (Wildman–Crippen LogP) is 5.34. The number of aryl methyl sites for hydroxylation is 2. The van der Waals surface area contributed by atoms with E-state index in [0.29, 0.717) is 11.6 Å². The Labute approximate surface area is 236 Å². The van der Waals surface area contributed by atoms with Gasteiger partial charge in [0.2, 0.25) is 11.8 Å². The summed E-state index contributed by atoms with van der Waals surface area (Å²) in [6, 6.07) is 19.6. The lowest BCUT2D eigenvalue weighted by atomic mass is 10.1. The molecule has 0 unspecified atom stereocenters. The zero-order valence-corrected chi connectivity index (χ0v) is 24.6. The number of hydrogen-bond donors (Lipinski definition) is 1. The maximum absolute atomic E-state index is 13.9. The largest absolute Gasteiger partial charge is 0.354 e. The molecule has 9 heteroatoms. The molecule has 7 nitrogen and oxygen atoms in total. The van der Waals surface area contributed by atoms with Crippen LogP contribution in [0, 0.1) is 19.8 Å². The number of benzene rings is 3. The number of halogens is 1. The van der Waals surface area contributed by atoms with E-state index < -0.39 is 28.5 Å². The van der Waals surface area contributed by atoms with Crippen LogP contribution in [0.25, 0.3) is 0 Å². The number of rotatable bonds is 11. The lowest BCUT2D eigenvalue weighted by Crippen LogP contribution is -2.51. The van der Waals surface area contributed by atoms with Crippen molar-refractivity contribution in [2.45, 2.75) is 52.1 Å². The van der Waals surface area contributed by atoms with Gasteiger partial charge in [-0.1, -0.05) is 79.0 Å². The lowest BCUT2D eigenvalue weighted by Gasteiger charge is -2.32. The van der Waals surface area contributed by atoms with Crippen LogP contribution in [0.4, 0.5) is 5.69 Å². The van der Waals surface area contributed by atoms with E-state index in [1.54, 1.807) is 37.3 Å². The molecule has 0 aliphatic heterocycles. The minimum Gasteiger partial charge on any atom is -0.354 e. The number of hydrogen-bond acceptors (Lipinski definition) is 4. The molecule has 0 aliphatic rings. The Kier molecular flexibility index (Phi) is 10.2. The van der Waals surface area contributed by atoms with Crippen LogP contribution < -0.4 is 9.62 Å². The van der Waals surface area contributed by atoms with Crippen molar-refractivity contribution < 1.29 is 18.0 Å². The van der Waals surface area contributed by atoms with Gasteiger partial charge in [-0.15, -0.1) is 0 Å². The Morgan fingerprint density at radius 3 is 2.05 bits per heavy atom. The van der Waals surface area contributed by atoms with Gasteiger partial charge >= 0.3 is 0 Å². The summed E-state index contributed by atoms with van der Waals surface area (Å²) in [5.41, 5.74) is 3.05. The molecule has 3 aromatic rings. The van der Waals surface area contributed by atoms with Gasteiger partial charge in [-0.25, -0.2) is 8.42 Å². The second-order valence-electron chi connectivity index (χ2n) is 10.1. The Balaban J connectivity index is 2.01. The van der Waals surface area contributed by atoms with Gasteiger partial charge in [0.25, 0.3) is 10.0 Å². The molecule has 0 heterocycles. The topological polar surface area (TPSA) is 86.8 Å². The fourth-order valence-corrected chi connectivity index (χ4v) is 5.51. The van der Waals surface area contributed by atoms with Crippen LogP contribution in [-0.2, 0) is 26.2 Å². The fourth-order valence-electron chi connectivity index (χ4n) is 3.92. The Morgan fingerprint density at radius 2 is 1.49 bits per heavy atom. The third-order valence-corrected chi connectivity index (χ3v) is 8.33. The first-order valence-electron chi connectivity index (χ1n) is 12.9. The van der Waals surface area contributed by atoms with E-state index in [4.69, 9.17) is 11.6 Å².